The molecule has 0 aromatic carbocycles. The number of pyridine rings is 1. The van der Waals surface area contributed by atoms with Gasteiger partial charge >= 0.3 is 0 Å². The second-order valence-corrected chi connectivity index (χ2v) is 4.37. The Morgan fingerprint density at radius 2 is 2.21 bits per heavy atom. The first-order valence-electron chi connectivity index (χ1n) is 4.72. The Hall–Kier alpha value is -0.800. The van der Waals surface area contributed by atoms with Crippen LogP contribution in [0.1, 0.15) is 19.3 Å². The van der Waals surface area contributed by atoms with Gasteiger partial charge in [0.1, 0.15) is 5.49 Å². The molecule has 0 atom stereocenters. The van der Waals surface area contributed by atoms with Crippen molar-refractivity contribution in [3.05, 3.63) is 28.8 Å². The largest absolute Gasteiger partial charge is 0.388 e. The highest BCUT2D eigenvalue weighted by atomic mass is 35.5. The van der Waals surface area contributed by atoms with Crippen molar-refractivity contribution < 1.29 is 5.11 Å². The summed E-state index contributed by atoms with van der Waals surface area (Å²) in [6, 6.07) is 3.33. The Bertz CT molecular complexity index is 395. The van der Waals surface area contributed by atoms with E-state index < -0.39 is 5.60 Å². The molecule has 2 rings (SSSR count). The SMILES string of the molecule is N=c1ccc(Cl)cn1CC1(O)CCC1. The molecule has 3 nitrogen and oxygen atoms in total. The number of hydrogen-bond acceptors (Lipinski definition) is 2. The minimum atomic E-state index is -0.606. The van der Waals surface area contributed by atoms with Crippen LogP contribution in [0.3, 0.4) is 0 Å². The average Bonchev–Trinajstić information content (AvgIpc) is 2.09. The normalized spacial score (nSPS) is 19.0. The summed E-state index contributed by atoms with van der Waals surface area (Å²) in [6.45, 7) is 0.479. The van der Waals surface area contributed by atoms with Crippen LogP contribution < -0.4 is 5.49 Å². The highest BCUT2D eigenvalue weighted by Gasteiger charge is 2.34. The molecule has 76 valence electrons. The fourth-order valence-corrected chi connectivity index (χ4v) is 1.89. The lowest BCUT2D eigenvalue weighted by molar-refractivity contribution is -0.0482. The fraction of sp³-hybridized carbons (Fsp3) is 0.500. The second-order valence-electron chi connectivity index (χ2n) is 3.94. The highest BCUT2D eigenvalue weighted by Crippen LogP contribution is 2.32. The molecule has 1 saturated carbocycles. The first-order chi connectivity index (χ1) is 6.59. The van der Waals surface area contributed by atoms with Crippen LogP contribution in [0.15, 0.2) is 18.3 Å². The predicted octanol–water partition coefficient (Wildman–Crippen LogP) is 1.54. The molecule has 1 heterocycles. The van der Waals surface area contributed by atoms with E-state index in [0.717, 1.165) is 19.3 Å². The highest BCUT2D eigenvalue weighted by molar-refractivity contribution is 6.30. The van der Waals surface area contributed by atoms with Crippen molar-refractivity contribution in [1.82, 2.24) is 4.57 Å². The molecule has 0 unspecified atom stereocenters. The van der Waals surface area contributed by atoms with E-state index in [2.05, 4.69) is 0 Å². The smallest absolute Gasteiger partial charge is 0.124 e. The molecule has 1 aliphatic carbocycles. The third-order valence-electron chi connectivity index (χ3n) is 2.74. The van der Waals surface area contributed by atoms with Gasteiger partial charge in [-0.2, -0.15) is 0 Å². The number of nitrogens with one attached hydrogen (secondary N) is 1. The lowest BCUT2D eigenvalue weighted by atomic mass is 9.80. The summed E-state index contributed by atoms with van der Waals surface area (Å²) < 4.78 is 1.70. The third-order valence-corrected chi connectivity index (χ3v) is 2.96. The minimum absolute atomic E-state index is 0.384. The summed E-state index contributed by atoms with van der Waals surface area (Å²) in [5.74, 6) is 0. The van der Waals surface area contributed by atoms with Crippen molar-refractivity contribution in [2.45, 2.75) is 31.4 Å². The number of aromatic nitrogens is 1. The second kappa shape index (κ2) is 3.41. The summed E-state index contributed by atoms with van der Waals surface area (Å²) >= 11 is 5.82. The van der Waals surface area contributed by atoms with Gasteiger partial charge in [0.15, 0.2) is 0 Å². The minimum Gasteiger partial charge on any atom is -0.388 e. The zero-order chi connectivity index (χ0) is 10.2. The zero-order valence-electron chi connectivity index (χ0n) is 7.83. The van der Waals surface area contributed by atoms with Crippen molar-refractivity contribution in [3.63, 3.8) is 0 Å². The number of aliphatic hydroxyl groups is 1. The van der Waals surface area contributed by atoms with Crippen LogP contribution in [0.25, 0.3) is 0 Å². The number of hydrogen-bond donors (Lipinski definition) is 2. The summed E-state index contributed by atoms with van der Waals surface area (Å²) in [7, 11) is 0. The molecule has 0 bridgehead atoms. The zero-order valence-corrected chi connectivity index (χ0v) is 8.59. The topological polar surface area (TPSA) is 49.0 Å². The lowest BCUT2D eigenvalue weighted by Crippen LogP contribution is -2.43. The number of nitrogens with zero attached hydrogens (tertiary/aromatic N) is 1. The first kappa shape index (κ1) is 9.74. The molecule has 0 radical (unpaired) electrons. The van der Waals surface area contributed by atoms with Gasteiger partial charge in [-0.05, 0) is 31.4 Å². The average molecular weight is 213 g/mol. The summed E-state index contributed by atoms with van der Waals surface area (Å²) in [4.78, 5) is 0. The van der Waals surface area contributed by atoms with Gasteiger partial charge in [0.2, 0.25) is 0 Å². The third kappa shape index (κ3) is 1.83. The van der Waals surface area contributed by atoms with Crippen LogP contribution in [0.5, 0.6) is 0 Å². The summed E-state index contributed by atoms with van der Waals surface area (Å²) in [6.07, 6.45) is 4.42. The Balaban J connectivity index is 2.23. The van der Waals surface area contributed by atoms with Crippen LogP contribution >= 0.6 is 11.6 Å². The van der Waals surface area contributed by atoms with Crippen LogP contribution in [0.2, 0.25) is 5.02 Å². The monoisotopic (exact) mass is 212 g/mol. The van der Waals surface area contributed by atoms with Gasteiger partial charge in [-0.15, -0.1) is 0 Å². The van der Waals surface area contributed by atoms with Crippen molar-refractivity contribution >= 4 is 11.6 Å². The summed E-state index contributed by atoms with van der Waals surface area (Å²) in [5.41, 5.74) is -0.222. The van der Waals surface area contributed by atoms with E-state index in [1.54, 1.807) is 22.9 Å². The molecule has 0 saturated heterocycles. The molecular weight excluding hydrogens is 200 g/mol. The van der Waals surface area contributed by atoms with E-state index in [4.69, 9.17) is 17.0 Å². The van der Waals surface area contributed by atoms with Gasteiger partial charge in [-0.3, -0.25) is 5.41 Å². The first-order valence-corrected chi connectivity index (χ1v) is 5.10. The molecule has 4 heteroatoms. The molecule has 0 amide bonds. The molecule has 0 spiro atoms. The van der Waals surface area contributed by atoms with Crippen molar-refractivity contribution in [2.75, 3.05) is 0 Å². The van der Waals surface area contributed by atoms with E-state index in [1.165, 1.54) is 0 Å². The van der Waals surface area contributed by atoms with E-state index >= 15 is 0 Å². The Morgan fingerprint density at radius 3 is 2.79 bits per heavy atom. The Kier molecular flexibility index (Phi) is 2.37. The van der Waals surface area contributed by atoms with Crippen molar-refractivity contribution in [1.29, 1.82) is 5.41 Å². The van der Waals surface area contributed by atoms with Crippen molar-refractivity contribution in [2.24, 2.45) is 0 Å². The molecule has 0 aliphatic heterocycles. The van der Waals surface area contributed by atoms with Crippen LogP contribution in [-0.2, 0) is 6.54 Å². The van der Waals surface area contributed by atoms with E-state index in [9.17, 15) is 5.11 Å². The van der Waals surface area contributed by atoms with Crippen molar-refractivity contribution in [3.8, 4) is 0 Å². The predicted molar refractivity (Wildman–Crippen MR) is 54.1 cm³/mol. The number of halogens is 1. The standard InChI is InChI=1S/C10H13ClN2O/c11-8-2-3-9(12)13(6-8)7-10(14)4-1-5-10/h2-3,6,12,14H,1,4-5,7H2. The van der Waals surface area contributed by atoms with Gasteiger partial charge in [-0.25, -0.2) is 0 Å². The molecule has 1 aromatic rings. The summed E-state index contributed by atoms with van der Waals surface area (Å²) in [5, 5.41) is 18.2. The van der Waals surface area contributed by atoms with Crippen LogP contribution in [-0.4, -0.2) is 15.3 Å². The Labute approximate surface area is 87.5 Å². The fourth-order valence-electron chi connectivity index (χ4n) is 1.71. The molecule has 2 N–H and O–H groups in total. The lowest BCUT2D eigenvalue weighted by Gasteiger charge is -2.37. The van der Waals surface area contributed by atoms with E-state index in [0.29, 0.717) is 17.1 Å². The molecule has 1 aliphatic rings. The van der Waals surface area contributed by atoms with E-state index in [-0.39, 0.29) is 0 Å². The maximum Gasteiger partial charge on any atom is 0.124 e. The van der Waals surface area contributed by atoms with Gasteiger partial charge in [0.25, 0.3) is 0 Å². The van der Waals surface area contributed by atoms with Gasteiger partial charge in [0.05, 0.1) is 17.2 Å². The van der Waals surface area contributed by atoms with Crippen LogP contribution in [0.4, 0.5) is 0 Å². The maximum absolute atomic E-state index is 9.93. The maximum atomic E-state index is 9.93. The Morgan fingerprint density at radius 1 is 1.50 bits per heavy atom. The molecule has 14 heavy (non-hydrogen) atoms. The molecule has 1 aromatic heterocycles. The van der Waals surface area contributed by atoms with Gasteiger partial charge in [0, 0.05) is 6.20 Å². The molecule has 1 fully saturated rings. The van der Waals surface area contributed by atoms with E-state index in [1.807, 2.05) is 0 Å². The van der Waals surface area contributed by atoms with Crippen LogP contribution in [0, 0.1) is 5.41 Å². The molecular formula is C10H13ClN2O. The number of rotatable bonds is 2. The van der Waals surface area contributed by atoms with Gasteiger partial charge < -0.3 is 9.67 Å². The van der Waals surface area contributed by atoms with Gasteiger partial charge in [-0.1, -0.05) is 11.6 Å². The quantitative estimate of drug-likeness (QED) is 0.768.